The van der Waals surface area contributed by atoms with Gasteiger partial charge in [0.25, 0.3) is 5.91 Å². The molecule has 0 radical (unpaired) electrons. The highest BCUT2D eigenvalue weighted by Crippen LogP contribution is 2.23. The summed E-state index contributed by atoms with van der Waals surface area (Å²) >= 11 is 0. The van der Waals surface area contributed by atoms with E-state index in [2.05, 4.69) is 36.4 Å². The summed E-state index contributed by atoms with van der Waals surface area (Å²) in [6.45, 7) is 7.21. The maximum atomic E-state index is 12.0. The normalized spacial score (nSPS) is 11.2. The van der Waals surface area contributed by atoms with Gasteiger partial charge in [0.2, 0.25) is 0 Å². The van der Waals surface area contributed by atoms with E-state index in [1.807, 2.05) is 6.07 Å². The lowest BCUT2D eigenvalue weighted by Crippen LogP contribution is -2.27. The minimum absolute atomic E-state index is 0.103. The molecule has 0 aliphatic carbocycles. The van der Waals surface area contributed by atoms with Crippen molar-refractivity contribution < 1.29 is 9.53 Å². The van der Waals surface area contributed by atoms with E-state index in [1.165, 1.54) is 0 Å². The molecular formula is C14H23N3O2. The molecule has 0 atom stereocenters. The van der Waals surface area contributed by atoms with Crippen molar-refractivity contribution in [2.45, 2.75) is 26.2 Å². The van der Waals surface area contributed by atoms with Crippen LogP contribution in [0.4, 0.5) is 5.82 Å². The summed E-state index contributed by atoms with van der Waals surface area (Å²) in [6, 6.07) is 3.58. The summed E-state index contributed by atoms with van der Waals surface area (Å²) in [6.07, 6.45) is 0. The molecule has 5 heteroatoms. The highest BCUT2D eigenvalue weighted by atomic mass is 16.5. The summed E-state index contributed by atoms with van der Waals surface area (Å²) < 4.78 is 4.91. The van der Waals surface area contributed by atoms with Gasteiger partial charge in [-0.25, -0.2) is 4.98 Å². The van der Waals surface area contributed by atoms with E-state index in [1.54, 1.807) is 20.2 Å². The van der Waals surface area contributed by atoms with Crippen molar-refractivity contribution in [1.82, 2.24) is 10.3 Å². The molecule has 0 unspecified atom stereocenters. The van der Waals surface area contributed by atoms with Crippen LogP contribution in [0.5, 0.6) is 0 Å². The first kappa shape index (κ1) is 15.4. The molecular weight excluding hydrogens is 242 g/mol. The first-order valence-corrected chi connectivity index (χ1v) is 6.36. The molecule has 5 nitrogen and oxygen atoms in total. The molecule has 0 aromatic carbocycles. The molecule has 106 valence electrons. The molecule has 2 N–H and O–H groups in total. The first-order chi connectivity index (χ1) is 8.88. The quantitative estimate of drug-likeness (QED) is 0.797. The van der Waals surface area contributed by atoms with Gasteiger partial charge in [-0.2, -0.15) is 0 Å². The number of hydrogen-bond acceptors (Lipinski definition) is 4. The fourth-order valence-electron chi connectivity index (χ4n) is 1.54. The third-order valence-corrected chi connectivity index (χ3v) is 2.70. The number of carbonyl (C=O) groups excluding carboxylic acids is 1. The Balaban J connectivity index is 2.97. The first-order valence-electron chi connectivity index (χ1n) is 6.36. The highest BCUT2D eigenvalue weighted by Gasteiger charge is 2.18. The van der Waals surface area contributed by atoms with Crippen molar-refractivity contribution in [3.05, 3.63) is 23.4 Å². The van der Waals surface area contributed by atoms with E-state index in [0.29, 0.717) is 24.5 Å². The van der Waals surface area contributed by atoms with Crippen molar-refractivity contribution >= 4 is 11.7 Å². The average Bonchev–Trinajstić information content (AvgIpc) is 2.37. The molecule has 1 aromatic rings. The molecule has 0 spiro atoms. The molecule has 0 saturated carbocycles. The Kier molecular flexibility index (Phi) is 5.30. The minimum Gasteiger partial charge on any atom is -0.383 e. The zero-order valence-corrected chi connectivity index (χ0v) is 12.3. The number of aromatic nitrogens is 1. The number of nitrogens with zero attached hydrogens (tertiary/aromatic N) is 1. The number of nitrogens with one attached hydrogen (secondary N) is 2. The fourth-order valence-corrected chi connectivity index (χ4v) is 1.54. The zero-order chi connectivity index (χ0) is 14.5. The molecule has 0 saturated heterocycles. The Morgan fingerprint density at radius 2 is 2.05 bits per heavy atom. The van der Waals surface area contributed by atoms with Crippen LogP contribution in [0.25, 0.3) is 0 Å². The Bertz CT molecular complexity index is 439. The van der Waals surface area contributed by atoms with Crippen LogP contribution in [0.2, 0.25) is 0 Å². The second-order valence-corrected chi connectivity index (χ2v) is 5.38. The van der Waals surface area contributed by atoms with Crippen LogP contribution in [0.1, 0.15) is 36.8 Å². The minimum atomic E-state index is -0.110. The molecule has 19 heavy (non-hydrogen) atoms. The number of hydrogen-bond donors (Lipinski definition) is 2. The number of anilines is 1. The Morgan fingerprint density at radius 1 is 1.37 bits per heavy atom. The molecule has 0 bridgehead atoms. The third kappa shape index (κ3) is 4.52. The summed E-state index contributed by atoms with van der Waals surface area (Å²) in [5.74, 6) is 0.589. The van der Waals surface area contributed by atoms with E-state index >= 15 is 0 Å². The maximum Gasteiger partial charge on any atom is 0.251 e. The molecule has 1 heterocycles. The van der Waals surface area contributed by atoms with Gasteiger partial charge in [-0.05, 0) is 12.1 Å². The number of amides is 1. The monoisotopic (exact) mass is 265 g/mol. The van der Waals surface area contributed by atoms with Crippen molar-refractivity contribution in [3.63, 3.8) is 0 Å². The number of pyridine rings is 1. The van der Waals surface area contributed by atoms with Gasteiger partial charge in [-0.3, -0.25) is 4.79 Å². The molecule has 1 amide bonds. The SMILES string of the molecule is CNc1cc(C(=O)NCCOC)cc(C(C)(C)C)n1. The summed E-state index contributed by atoms with van der Waals surface area (Å²) in [7, 11) is 3.40. The Labute approximate surface area is 114 Å². The van der Waals surface area contributed by atoms with Crippen LogP contribution in [0.3, 0.4) is 0 Å². The van der Waals surface area contributed by atoms with Gasteiger partial charge in [0.05, 0.1) is 6.61 Å². The lowest BCUT2D eigenvalue weighted by molar-refractivity contribution is 0.0937. The average molecular weight is 265 g/mol. The highest BCUT2D eigenvalue weighted by molar-refractivity contribution is 5.95. The van der Waals surface area contributed by atoms with Crippen molar-refractivity contribution in [2.24, 2.45) is 0 Å². The van der Waals surface area contributed by atoms with E-state index in [0.717, 1.165) is 5.69 Å². The Morgan fingerprint density at radius 3 is 2.58 bits per heavy atom. The van der Waals surface area contributed by atoms with Crippen molar-refractivity contribution in [1.29, 1.82) is 0 Å². The number of ether oxygens (including phenoxy) is 1. The van der Waals surface area contributed by atoms with E-state index in [9.17, 15) is 4.79 Å². The van der Waals surface area contributed by atoms with E-state index in [-0.39, 0.29) is 11.3 Å². The summed E-state index contributed by atoms with van der Waals surface area (Å²) in [4.78, 5) is 16.5. The van der Waals surface area contributed by atoms with Gasteiger partial charge in [-0.15, -0.1) is 0 Å². The van der Waals surface area contributed by atoms with Gasteiger partial charge < -0.3 is 15.4 Å². The fraction of sp³-hybridized carbons (Fsp3) is 0.571. The molecule has 0 aliphatic heterocycles. The lowest BCUT2D eigenvalue weighted by Gasteiger charge is -2.19. The van der Waals surface area contributed by atoms with Crippen LogP contribution in [0.15, 0.2) is 12.1 Å². The second kappa shape index (κ2) is 6.52. The largest absolute Gasteiger partial charge is 0.383 e. The van der Waals surface area contributed by atoms with Gasteiger partial charge in [0, 0.05) is 37.4 Å². The van der Waals surface area contributed by atoms with Gasteiger partial charge in [0.15, 0.2) is 0 Å². The number of methoxy groups -OCH3 is 1. The van der Waals surface area contributed by atoms with Crippen LogP contribution in [-0.4, -0.2) is 38.2 Å². The van der Waals surface area contributed by atoms with Crippen molar-refractivity contribution in [3.8, 4) is 0 Å². The maximum absolute atomic E-state index is 12.0. The smallest absolute Gasteiger partial charge is 0.251 e. The zero-order valence-electron chi connectivity index (χ0n) is 12.3. The number of rotatable bonds is 5. The third-order valence-electron chi connectivity index (χ3n) is 2.70. The van der Waals surface area contributed by atoms with Crippen molar-refractivity contribution in [2.75, 3.05) is 32.6 Å². The number of carbonyl (C=O) groups is 1. The van der Waals surface area contributed by atoms with E-state index in [4.69, 9.17) is 4.74 Å². The van der Waals surface area contributed by atoms with Crippen LogP contribution in [0, 0.1) is 0 Å². The molecule has 1 aromatic heterocycles. The summed E-state index contributed by atoms with van der Waals surface area (Å²) in [5.41, 5.74) is 1.39. The Hall–Kier alpha value is -1.62. The van der Waals surface area contributed by atoms with Crippen LogP contribution >= 0.6 is 0 Å². The predicted octanol–water partition coefficient (Wildman–Crippen LogP) is 1.80. The van der Waals surface area contributed by atoms with Gasteiger partial charge in [0.1, 0.15) is 5.82 Å². The predicted molar refractivity (Wildman–Crippen MR) is 76.7 cm³/mol. The standard InChI is InChI=1S/C14H23N3O2/c1-14(2,3)11-8-10(9-12(15-4)17-11)13(18)16-6-7-19-5/h8-9H,6-7H2,1-5H3,(H,15,17)(H,16,18). The summed E-state index contributed by atoms with van der Waals surface area (Å²) in [5, 5.41) is 5.80. The van der Waals surface area contributed by atoms with Crippen LogP contribution < -0.4 is 10.6 Å². The molecule has 0 fully saturated rings. The van der Waals surface area contributed by atoms with Gasteiger partial charge >= 0.3 is 0 Å². The lowest BCUT2D eigenvalue weighted by atomic mass is 9.90. The second-order valence-electron chi connectivity index (χ2n) is 5.38. The topological polar surface area (TPSA) is 63.2 Å². The van der Waals surface area contributed by atoms with Crippen LogP contribution in [-0.2, 0) is 10.2 Å². The van der Waals surface area contributed by atoms with Gasteiger partial charge in [-0.1, -0.05) is 20.8 Å². The van der Waals surface area contributed by atoms with E-state index < -0.39 is 0 Å². The molecule has 1 rings (SSSR count). The molecule has 0 aliphatic rings.